The topological polar surface area (TPSA) is 43.1 Å². The van der Waals surface area contributed by atoms with Gasteiger partial charge in [0, 0.05) is 0 Å². The zero-order valence-corrected chi connectivity index (χ0v) is 8.02. The molecule has 0 unspecified atom stereocenters. The second-order valence-corrected chi connectivity index (χ2v) is 2.61. The van der Waals surface area contributed by atoms with E-state index < -0.39 is 0 Å². The molecule has 0 saturated heterocycles. The summed E-state index contributed by atoms with van der Waals surface area (Å²) in [6.45, 7) is 6.09. The van der Waals surface area contributed by atoms with Gasteiger partial charge in [0.1, 0.15) is 5.78 Å². The molecule has 0 aliphatic heterocycles. The van der Waals surface area contributed by atoms with Gasteiger partial charge in [-0.15, -0.1) is 0 Å². The van der Waals surface area contributed by atoms with Crippen molar-refractivity contribution in [3.63, 3.8) is 0 Å². The molecular weight excluding hydrogens is 138 g/mol. The van der Waals surface area contributed by atoms with Gasteiger partial charge in [0.2, 0.25) is 0 Å². The fourth-order valence-electron chi connectivity index (χ4n) is 0.500. The molecule has 0 aromatic rings. The summed E-state index contributed by atoms with van der Waals surface area (Å²) in [5, 5.41) is 0. The fourth-order valence-corrected chi connectivity index (χ4v) is 0.500. The van der Waals surface area contributed by atoms with E-state index in [1.54, 1.807) is 0 Å². The SMILES string of the molecule is CC(=O)CN.CCCCCC. The Morgan fingerprint density at radius 1 is 1.18 bits per heavy atom. The number of rotatable bonds is 4. The second kappa shape index (κ2) is 12.3. The number of hydrogen-bond acceptors (Lipinski definition) is 2. The lowest BCUT2D eigenvalue weighted by molar-refractivity contribution is -0.115. The van der Waals surface area contributed by atoms with Crippen LogP contribution in [0.5, 0.6) is 0 Å². The Labute approximate surface area is 70.2 Å². The summed E-state index contributed by atoms with van der Waals surface area (Å²) in [6, 6.07) is 0. The Bertz CT molecular complexity index is 77.6. The molecule has 0 aromatic heterocycles. The molecule has 11 heavy (non-hydrogen) atoms. The van der Waals surface area contributed by atoms with Crippen molar-refractivity contribution in [3.8, 4) is 0 Å². The van der Waals surface area contributed by atoms with E-state index in [4.69, 9.17) is 5.73 Å². The molecule has 0 heterocycles. The second-order valence-electron chi connectivity index (χ2n) is 2.61. The van der Waals surface area contributed by atoms with Gasteiger partial charge < -0.3 is 5.73 Å². The normalized spacial score (nSPS) is 8.36. The van der Waals surface area contributed by atoms with Crippen molar-refractivity contribution in [1.82, 2.24) is 0 Å². The maximum Gasteiger partial charge on any atom is 0.143 e. The smallest absolute Gasteiger partial charge is 0.143 e. The summed E-state index contributed by atoms with van der Waals surface area (Å²) in [7, 11) is 0. The van der Waals surface area contributed by atoms with E-state index in [1.165, 1.54) is 32.6 Å². The van der Waals surface area contributed by atoms with Crippen LogP contribution in [-0.4, -0.2) is 12.3 Å². The van der Waals surface area contributed by atoms with Crippen LogP contribution in [0.3, 0.4) is 0 Å². The molecule has 0 rings (SSSR count). The number of Topliss-reactive ketones (excluding diaryl/α,β-unsaturated/α-hetero) is 1. The molecule has 68 valence electrons. The molecule has 0 bridgehead atoms. The predicted molar refractivity (Wildman–Crippen MR) is 49.6 cm³/mol. The third-order valence-corrected chi connectivity index (χ3v) is 1.24. The minimum Gasteiger partial charge on any atom is -0.324 e. The highest BCUT2D eigenvalue weighted by atomic mass is 16.1. The number of unbranched alkanes of at least 4 members (excludes halogenated alkanes) is 3. The van der Waals surface area contributed by atoms with Crippen LogP contribution in [0.25, 0.3) is 0 Å². The fraction of sp³-hybridized carbons (Fsp3) is 0.889. The van der Waals surface area contributed by atoms with Gasteiger partial charge in [0.05, 0.1) is 6.54 Å². The third-order valence-electron chi connectivity index (χ3n) is 1.24. The molecule has 0 aliphatic carbocycles. The van der Waals surface area contributed by atoms with Gasteiger partial charge in [-0.1, -0.05) is 39.5 Å². The van der Waals surface area contributed by atoms with Gasteiger partial charge in [-0.25, -0.2) is 0 Å². The van der Waals surface area contributed by atoms with Crippen molar-refractivity contribution >= 4 is 5.78 Å². The lowest BCUT2D eigenvalue weighted by atomic mass is 10.2. The Balaban J connectivity index is 0. The van der Waals surface area contributed by atoms with Gasteiger partial charge in [-0.3, -0.25) is 4.79 Å². The van der Waals surface area contributed by atoms with E-state index >= 15 is 0 Å². The number of nitrogens with two attached hydrogens (primary N) is 1. The first kappa shape index (κ1) is 13.2. The van der Waals surface area contributed by atoms with E-state index in [0.717, 1.165) is 0 Å². The summed E-state index contributed by atoms with van der Waals surface area (Å²) in [5.41, 5.74) is 4.82. The van der Waals surface area contributed by atoms with Gasteiger partial charge >= 0.3 is 0 Å². The number of hydrogen-bond donors (Lipinski definition) is 1. The van der Waals surface area contributed by atoms with Crippen LogP contribution < -0.4 is 5.73 Å². The van der Waals surface area contributed by atoms with Crippen LogP contribution in [0.4, 0.5) is 0 Å². The Hall–Kier alpha value is -0.370. The van der Waals surface area contributed by atoms with Crippen molar-refractivity contribution in [2.75, 3.05) is 6.54 Å². The molecule has 0 atom stereocenters. The largest absolute Gasteiger partial charge is 0.324 e. The number of carbonyl (C=O) groups is 1. The van der Waals surface area contributed by atoms with Crippen molar-refractivity contribution in [3.05, 3.63) is 0 Å². The lowest BCUT2D eigenvalue weighted by Gasteiger charge is -1.86. The Morgan fingerprint density at radius 2 is 1.45 bits per heavy atom. The quantitative estimate of drug-likeness (QED) is 0.638. The first-order valence-electron chi connectivity index (χ1n) is 4.38. The van der Waals surface area contributed by atoms with Gasteiger partial charge in [0.25, 0.3) is 0 Å². The summed E-state index contributed by atoms with van der Waals surface area (Å²) in [5.74, 6) is 0.0324. The summed E-state index contributed by atoms with van der Waals surface area (Å²) < 4.78 is 0. The van der Waals surface area contributed by atoms with Crippen LogP contribution in [0.1, 0.15) is 46.5 Å². The van der Waals surface area contributed by atoms with E-state index in [9.17, 15) is 4.79 Å². The van der Waals surface area contributed by atoms with Crippen molar-refractivity contribution in [1.29, 1.82) is 0 Å². The highest BCUT2D eigenvalue weighted by molar-refractivity contribution is 5.77. The molecule has 0 aliphatic rings. The van der Waals surface area contributed by atoms with Gasteiger partial charge in [-0.2, -0.15) is 0 Å². The average molecular weight is 159 g/mol. The van der Waals surface area contributed by atoms with Crippen LogP contribution in [0.2, 0.25) is 0 Å². The average Bonchev–Trinajstić information content (AvgIpc) is 2.02. The van der Waals surface area contributed by atoms with Gasteiger partial charge in [0.15, 0.2) is 0 Å². The molecule has 2 nitrogen and oxygen atoms in total. The Morgan fingerprint density at radius 3 is 1.55 bits per heavy atom. The van der Waals surface area contributed by atoms with E-state index in [1.807, 2.05) is 0 Å². The summed E-state index contributed by atoms with van der Waals surface area (Å²) >= 11 is 0. The molecule has 0 saturated carbocycles. The zero-order valence-electron chi connectivity index (χ0n) is 8.02. The number of carbonyl (C=O) groups excluding carboxylic acids is 1. The van der Waals surface area contributed by atoms with Gasteiger partial charge in [-0.05, 0) is 6.92 Å². The molecular formula is C9H21NO. The lowest BCUT2D eigenvalue weighted by Crippen LogP contribution is -2.07. The monoisotopic (exact) mass is 159 g/mol. The molecule has 2 heteroatoms. The van der Waals surface area contributed by atoms with Crippen LogP contribution >= 0.6 is 0 Å². The molecule has 0 amide bonds. The molecule has 0 radical (unpaired) electrons. The molecule has 0 fully saturated rings. The molecule has 2 N–H and O–H groups in total. The number of ketones is 1. The van der Waals surface area contributed by atoms with Crippen molar-refractivity contribution < 1.29 is 4.79 Å². The van der Waals surface area contributed by atoms with E-state index in [2.05, 4.69) is 13.8 Å². The molecule has 0 aromatic carbocycles. The first-order valence-corrected chi connectivity index (χ1v) is 4.38. The van der Waals surface area contributed by atoms with E-state index in [-0.39, 0.29) is 12.3 Å². The third kappa shape index (κ3) is 26.2. The molecule has 0 spiro atoms. The standard InChI is InChI=1S/C6H14.C3H7NO/c1-3-5-6-4-2;1-3(5)2-4/h3-6H2,1-2H3;2,4H2,1H3. The van der Waals surface area contributed by atoms with Crippen LogP contribution in [-0.2, 0) is 4.79 Å². The predicted octanol–water partition coefficient (Wildman–Crippen LogP) is 2.12. The van der Waals surface area contributed by atoms with Crippen molar-refractivity contribution in [2.24, 2.45) is 5.73 Å². The summed E-state index contributed by atoms with van der Waals surface area (Å²) in [6.07, 6.45) is 5.54. The Kier molecular flexibility index (Phi) is 14.8. The van der Waals surface area contributed by atoms with E-state index in [0.29, 0.717) is 0 Å². The summed E-state index contributed by atoms with van der Waals surface area (Å²) in [4.78, 5) is 9.69. The maximum atomic E-state index is 9.69. The zero-order chi connectivity index (χ0) is 9.11. The minimum absolute atomic E-state index is 0.0324. The highest BCUT2D eigenvalue weighted by Crippen LogP contribution is 1.95. The van der Waals surface area contributed by atoms with Crippen molar-refractivity contribution in [2.45, 2.75) is 46.5 Å². The highest BCUT2D eigenvalue weighted by Gasteiger charge is 1.77. The maximum absolute atomic E-state index is 9.69. The van der Waals surface area contributed by atoms with Crippen LogP contribution in [0.15, 0.2) is 0 Å². The van der Waals surface area contributed by atoms with Crippen LogP contribution in [0, 0.1) is 0 Å². The minimum atomic E-state index is 0.0324. The first-order chi connectivity index (χ1) is 5.18.